The summed E-state index contributed by atoms with van der Waals surface area (Å²) in [5, 5.41) is 0. The summed E-state index contributed by atoms with van der Waals surface area (Å²) < 4.78 is 0. The number of rotatable bonds is 19. The second-order valence-electron chi connectivity index (χ2n) is 16.4. The van der Waals surface area contributed by atoms with E-state index >= 15 is 0 Å². The van der Waals surface area contributed by atoms with E-state index in [9.17, 15) is 0 Å². The van der Waals surface area contributed by atoms with Crippen LogP contribution in [-0.2, 0) is 23.7 Å². The van der Waals surface area contributed by atoms with Crippen LogP contribution in [0.15, 0.2) is 121 Å². The molecule has 0 fully saturated rings. The fourth-order valence-corrected chi connectivity index (χ4v) is 7.69. The van der Waals surface area contributed by atoms with Crippen LogP contribution >= 0.6 is 0 Å². The molecule has 5 aromatic carbocycles. The Kier molecular flexibility index (Phi) is 14.0. The lowest BCUT2D eigenvalue weighted by molar-refractivity contribution is 0.458. The molecule has 280 valence electrons. The third-order valence-electron chi connectivity index (χ3n) is 11.2. The molecule has 0 N–H and O–H groups in total. The third kappa shape index (κ3) is 10.2. The number of aryl methyl sites for hydroxylation is 2. The minimum Gasteiger partial charge on any atom is -0.311 e. The van der Waals surface area contributed by atoms with Crippen LogP contribution in [0.5, 0.6) is 0 Å². The summed E-state index contributed by atoms with van der Waals surface area (Å²) in [4.78, 5) is 4.82. The number of hydrogen-bond acceptors (Lipinski definition) is 2. The van der Waals surface area contributed by atoms with E-state index in [1.807, 2.05) is 0 Å². The fraction of sp³-hybridized carbons (Fsp3) is 0.412. The molecule has 53 heavy (non-hydrogen) atoms. The highest BCUT2D eigenvalue weighted by molar-refractivity contribution is 5.81. The topological polar surface area (TPSA) is 6.48 Å². The zero-order valence-electron chi connectivity index (χ0n) is 34.2. The summed E-state index contributed by atoms with van der Waals surface area (Å²) in [5.41, 5.74) is 12.9. The van der Waals surface area contributed by atoms with Gasteiger partial charge in [-0.15, -0.1) is 0 Å². The van der Waals surface area contributed by atoms with Crippen molar-refractivity contribution in [2.24, 2.45) is 0 Å². The summed E-state index contributed by atoms with van der Waals surface area (Å²) in [7, 11) is 0. The zero-order valence-corrected chi connectivity index (χ0v) is 34.2. The first kappa shape index (κ1) is 39.9. The van der Waals surface area contributed by atoms with Crippen LogP contribution in [0.1, 0.15) is 135 Å². The lowest BCUT2D eigenvalue weighted by Crippen LogP contribution is -2.17. The molecule has 0 atom stereocenters. The second kappa shape index (κ2) is 18.6. The lowest BCUT2D eigenvalue weighted by Gasteiger charge is -2.30. The maximum Gasteiger partial charge on any atom is 0.0463 e. The highest BCUT2D eigenvalue weighted by Crippen LogP contribution is 2.41. The number of anilines is 6. The molecule has 0 amide bonds. The molecular formula is C51H66N2. The maximum atomic E-state index is 2.41. The van der Waals surface area contributed by atoms with Gasteiger partial charge in [0, 0.05) is 34.1 Å². The van der Waals surface area contributed by atoms with Crippen LogP contribution in [0.4, 0.5) is 34.1 Å². The van der Waals surface area contributed by atoms with Gasteiger partial charge < -0.3 is 9.80 Å². The van der Waals surface area contributed by atoms with Crippen LogP contribution < -0.4 is 9.80 Å². The van der Waals surface area contributed by atoms with Crippen molar-refractivity contribution in [3.63, 3.8) is 0 Å². The van der Waals surface area contributed by atoms with E-state index in [1.165, 1.54) is 103 Å². The maximum absolute atomic E-state index is 2.41. The van der Waals surface area contributed by atoms with Crippen molar-refractivity contribution in [2.45, 2.75) is 137 Å². The van der Waals surface area contributed by atoms with E-state index in [0.717, 1.165) is 24.2 Å². The second-order valence-corrected chi connectivity index (χ2v) is 16.4. The predicted octanol–water partition coefficient (Wildman–Crippen LogP) is 15.9. The summed E-state index contributed by atoms with van der Waals surface area (Å²) in [6.45, 7) is 18.6. The molecule has 0 saturated carbocycles. The Labute approximate surface area is 323 Å². The van der Waals surface area contributed by atoms with Gasteiger partial charge in [-0.3, -0.25) is 0 Å². The van der Waals surface area contributed by atoms with Crippen molar-refractivity contribution in [3.05, 3.63) is 144 Å². The Morgan fingerprint density at radius 1 is 0.340 bits per heavy atom. The lowest BCUT2D eigenvalue weighted by atomic mass is 9.80. The van der Waals surface area contributed by atoms with Gasteiger partial charge in [0.2, 0.25) is 0 Å². The van der Waals surface area contributed by atoms with Crippen molar-refractivity contribution in [2.75, 3.05) is 9.80 Å². The van der Waals surface area contributed by atoms with Gasteiger partial charge in [0.1, 0.15) is 0 Å². The van der Waals surface area contributed by atoms with Gasteiger partial charge in [-0.25, -0.2) is 0 Å². The van der Waals surface area contributed by atoms with Gasteiger partial charge in [-0.1, -0.05) is 136 Å². The molecule has 0 aromatic heterocycles. The van der Waals surface area contributed by atoms with Crippen molar-refractivity contribution in [1.82, 2.24) is 0 Å². The highest BCUT2D eigenvalue weighted by Gasteiger charge is 2.23. The van der Waals surface area contributed by atoms with Gasteiger partial charge in [-0.05, 0) is 144 Å². The van der Waals surface area contributed by atoms with Gasteiger partial charge in [0.25, 0.3) is 0 Å². The minimum atomic E-state index is 0.155. The van der Waals surface area contributed by atoms with E-state index in [0.29, 0.717) is 0 Å². The van der Waals surface area contributed by atoms with Crippen LogP contribution in [-0.4, -0.2) is 0 Å². The SMILES string of the molecule is CCCCc1ccc(N(c2ccc(N(c3ccc(CCCC)cc3)c3ccc(C(C)(C)CCCC)cc3)cc2)c2ccc(C(C)(C)CCC)cc2)cc1. The monoisotopic (exact) mass is 707 g/mol. The molecule has 0 unspecified atom stereocenters. The molecule has 0 saturated heterocycles. The normalized spacial score (nSPS) is 11.8. The molecule has 0 aliphatic heterocycles. The van der Waals surface area contributed by atoms with E-state index in [2.05, 4.69) is 187 Å². The summed E-state index contributed by atoms with van der Waals surface area (Å²) >= 11 is 0. The standard InChI is InChI=1S/C51H66N2/c1-9-13-16-40-18-26-44(27-19-40)52(46-30-22-42(23-31-46)50(5,6)38-12-4)48-34-36-49(37-35-48)53(45-28-20-41(21-29-45)17-14-10-2)47-32-24-43(25-33-47)51(7,8)39-15-11-3/h18-37H,9-17,38-39H2,1-8H3. The first-order chi connectivity index (χ1) is 25.6. The van der Waals surface area contributed by atoms with Crippen LogP contribution in [0.25, 0.3) is 0 Å². The molecule has 2 nitrogen and oxygen atoms in total. The number of nitrogens with zero attached hydrogens (tertiary/aromatic N) is 2. The molecule has 5 aromatic rings. The van der Waals surface area contributed by atoms with Gasteiger partial charge >= 0.3 is 0 Å². The number of benzene rings is 5. The predicted molar refractivity (Wildman–Crippen MR) is 234 cm³/mol. The summed E-state index contributed by atoms with van der Waals surface area (Å²) in [6, 6.07) is 46.2. The van der Waals surface area contributed by atoms with Crippen LogP contribution in [0, 0.1) is 0 Å². The van der Waals surface area contributed by atoms with Crippen molar-refractivity contribution in [3.8, 4) is 0 Å². The molecule has 0 bridgehead atoms. The first-order valence-electron chi connectivity index (χ1n) is 20.7. The molecule has 0 spiro atoms. The van der Waals surface area contributed by atoms with Crippen LogP contribution in [0.2, 0.25) is 0 Å². The van der Waals surface area contributed by atoms with Gasteiger partial charge in [0.15, 0.2) is 0 Å². The zero-order chi connectivity index (χ0) is 37.8. The largest absolute Gasteiger partial charge is 0.311 e. The molecule has 2 heteroatoms. The first-order valence-corrected chi connectivity index (χ1v) is 20.7. The van der Waals surface area contributed by atoms with Gasteiger partial charge in [0.05, 0.1) is 0 Å². The Balaban J connectivity index is 1.54. The Bertz CT molecular complexity index is 1800. The Morgan fingerprint density at radius 3 is 0.925 bits per heavy atom. The molecule has 0 heterocycles. The number of hydrogen-bond donors (Lipinski definition) is 0. The van der Waals surface area contributed by atoms with E-state index in [1.54, 1.807) is 0 Å². The molecular weight excluding hydrogens is 641 g/mol. The number of unbranched alkanes of at least 4 members (excludes halogenated alkanes) is 3. The fourth-order valence-electron chi connectivity index (χ4n) is 7.69. The molecule has 0 aliphatic carbocycles. The molecule has 0 radical (unpaired) electrons. The Hall–Kier alpha value is -4.30. The molecule has 5 rings (SSSR count). The summed E-state index contributed by atoms with van der Waals surface area (Å²) in [5.74, 6) is 0. The smallest absolute Gasteiger partial charge is 0.0463 e. The third-order valence-corrected chi connectivity index (χ3v) is 11.2. The van der Waals surface area contributed by atoms with Crippen molar-refractivity contribution in [1.29, 1.82) is 0 Å². The van der Waals surface area contributed by atoms with Gasteiger partial charge in [-0.2, -0.15) is 0 Å². The average molecular weight is 707 g/mol. The van der Waals surface area contributed by atoms with Crippen molar-refractivity contribution >= 4 is 34.1 Å². The average Bonchev–Trinajstić information content (AvgIpc) is 3.17. The quantitative estimate of drug-likeness (QED) is 0.0843. The van der Waals surface area contributed by atoms with E-state index < -0.39 is 0 Å². The van der Waals surface area contributed by atoms with Crippen molar-refractivity contribution < 1.29 is 0 Å². The molecule has 0 aliphatic rings. The highest BCUT2D eigenvalue weighted by atomic mass is 15.2. The van der Waals surface area contributed by atoms with E-state index in [4.69, 9.17) is 0 Å². The minimum absolute atomic E-state index is 0.155. The Morgan fingerprint density at radius 2 is 0.623 bits per heavy atom. The summed E-state index contributed by atoms with van der Waals surface area (Å²) in [6.07, 6.45) is 13.1. The van der Waals surface area contributed by atoms with Crippen LogP contribution in [0.3, 0.4) is 0 Å². The van der Waals surface area contributed by atoms with E-state index in [-0.39, 0.29) is 10.8 Å².